The van der Waals surface area contributed by atoms with Gasteiger partial charge in [-0.15, -0.1) is 0 Å². The van der Waals surface area contributed by atoms with Crippen LogP contribution in [0.15, 0.2) is 29.2 Å². The van der Waals surface area contributed by atoms with Crippen LogP contribution >= 0.6 is 0 Å². The van der Waals surface area contributed by atoms with Gasteiger partial charge in [-0.1, -0.05) is 31.5 Å². The number of nitrogens with one attached hydrogen (secondary N) is 1. The zero-order chi connectivity index (χ0) is 21.3. The van der Waals surface area contributed by atoms with Gasteiger partial charge in [0.2, 0.25) is 10.0 Å². The van der Waals surface area contributed by atoms with E-state index in [4.69, 9.17) is 0 Å². The van der Waals surface area contributed by atoms with Crippen LogP contribution in [-0.2, 0) is 10.0 Å². The number of rotatable bonds is 7. The van der Waals surface area contributed by atoms with Crippen LogP contribution in [0, 0.1) is 6.92 Å². The van der Waals surface area contributed by atoms with Gasteiger partial charge < -0.3 is 15.3 Å². The Labute approximate surface area is 177 Å². The number of aryl methyl sites for hydroxylation is 1. The largest absolute Gasteiger partial charge is 0.392 e. The summed E-state index contributed by atoms with van der Waals surface area (Å²) in [6.45, 7) is 10.8. The third kappa shape index (κ3) is 7.03. The van der Waals surface area contributed by atoms with E-state index in [9.17, 15) is 13.5 Å². The molecular weight excluding hydrogens is 386 g/mol. The molecule has 2 aliphatic rings. The summed E-state index contributed by atoms with van der Waals surface area (Å²) >= 11 is 0. The Morgan fingerprint density at radius 1 is 1.14 bits per heavy atom. The fraction of sp³-hybridized carbons (Fsp3) is 0.727. The lowest BCUT2D eigenvalue weighted by molar-refractivity contribution is 0.0688. The number of sulfonamides is 1. The maximum atomic E-state index is 13.3. The fourth-order valence-electron chi connectivity index (χ4n) is 4.12. The van der Waals surface area contributed by atoms with Gasteiger partial charge in [0, 0.05) is 19.1 Å². The molecule has 1 aromatic carbocycles. The third-order valence-corrected chi connectivity index (χ3v) is 7.64. The van der Waals surface area contributed by atoms with Crippen LogP contribution < -0.4 is 5.32 Å². The Balaban J connectivity index is 0.00000145. The number of hydrogen-bond acceptors (Lipinski definition) is 5. The van der Waals surface area contributed by atoms with Crippen LogP contribution in [0.5, 0.6) is 0 Å². The summed E-state index contributed by atoms with van der Waals surface area (Å²) in [5, 5.41) is 13.2. The second-order valence-electron chi connectivity index (χ2n) is 7.86. The summed E-state index contributed by atoms with van der Waals surface area (Å²) in [6, 6.07) is 7.23. The van der Waals surface area contributed by atoms with Crippen LogP contribution in [0.25, 0.3) is 0 Å². The van der Waals surface area contributed by atoms with Gasteiger partial charge in [0.15, 0.2) is 0 Å². The Hall–Kier alpha value is -0.990. The van der Waals surface area contributed by atoms with E-state index in [1.165, 1.54) is 0 Å². The monoisotopic (exact) mass is 425 g/mol. The minimum absolute atomic E-state index is 0.0597. The smallest absolute Gasteiger partial charge is 0.243 e. The van der Waals surface area contributed by atoms with E-state index in [1.54, 1.807) is 16.4 Å². The lowest BCUT2D eigenvalue weighted by Crippen LogP contribution is -2.47. The Bertz CT molecular complexity index is 688. The number of likely N-dealkylation sites (tertiary alicyclic amines) is 1. The standard InChI is InChI=1S/C20H33N3O3S.C2H6/c1-17-5-7-20(8-6-17)27(25,26)23(18-9-11-21-12-10-18)15-3-14-22-13-2-4-19(24)16-22;1-2/h5-8,18-19,21,24H,2-4,9-16H2,1H3;1-2H3. The Kier molecular flexibility index (Phi) is 10.1. The van der Waals surface area contributed by atoms with Crippen molar-refractivity contribution in [3.63, 3.8) is 0 Å². The van der Waals surface area contributed by atoms with Gasteiger partial charge in [-0.2, -0.15) is 4.31 Å². The molecule has 0 bridgehead atoms. The van der Waals surface area contributed by atoms with Crippen LogP contribution in [-0.4, -0.2) is 74.1 Å². The molecule has 0 radical (unpaired) electrons. The maximum absolute atomic E-state index is 13.3. The molecule has 1 atom stereocenters. The predicted molar refractivity (Wildman–Crippen MR) is 119 cm³/mol. The number of nitrogens with zero attached hydrogens (tertiary/aromatic N) is 2. The second kappa shape index (κ2) is 12.0. The quantitative estimate of drug-likeness (QED) is 0.703. The van der Waals surface area contributed by atoms with Crippen LogP contribution in [0.3, 0.4) is 0 Å². The molecule has 2 N–H and O–H groups in total. The predicted octanol–water partition coefficient (Wildman–Crippen LogP) is 2.61. The highest BCUT2D eigenvalue weighted by molar-refractivity contribution is 7.89. The first-order valence-electron chi connectivity index (χ1n) is 11.2. The Morgan fingerprint density at radius 2 is 1.79 bits per heavy atom. The molecular formula is C22H39N3O3S. The molecule has 0 saturated carbocycles. The zero-order valence-corrected chi connectivity index (χ0v) is 19.1. The SMILES string of the molecule is CC.Cc1ccc(S(=O)(=O)N(CCCN2CCCC(O)C2)C2CCNCC2)cc1. The molecule has 29 heavy (non-hydrogen) atoms. The zero-order valence-electron chi connectivity index (χ0n) is 18.3. The number of benzene rings is 1. The lowest BCUT2D eigenvalue weighted by atomic mass is 10.1. The molecule has 1 aromatic rings. The maximum Gasteiger partial charge on any atom is 0.243 e. The Morgan fingerprint density at radius 3 is 2.41 bits per heavy atom. The summed E-state index contributed by atoms with van der Waals surface area (Å²) in [5.41, 5.74) is 1.06. The van der Waals surface area contributed by atoms with Gasteiger partial charge in [0.25, 0.3) is 0 Å². The molecule has 0 aliphatic carbocycles. The van der Waals surface area contributed by atoms with E-state index in [1.807, 2.05) is 32.9 Å². The number of piperidine rings is 2. The van der Waals surface area contributed by atoms with Gasteiger partial charge in [-0.3, -0.25) is 0 Å². The number of aliphatic hydroxyl groups excluding tert-OH is 1. The first-order valence-corrected chi connectivity index (χ1v) is 12.6. The molecule has 2 saturated heterocycles. The molecule has 0 spiro atoms. The van der Waals surface area contributed by atoms with Crippen molar-refractivity contribution in [2.24, 2.45) is 0 Å². The molecule has 2 fully saturated rings. The molecule has 0 amide bonds. The van der Waals surface area contributed by atoms with Crippen molar-refractivity contribution in [2.45, 2.75) is 69.9 Å². The van der Waals surface area contributed by atoms with Gasteiger partial charge in [-0.25, -0.2) is 8.42 Å². The van der Waals surface area contributed by atoms with Crippen LogP contribution in [0.1, 0.15) is 51.5 Å². The number of hydrogen-bond donors (Lipinski definition) is 2. The van der Waals surface area contributed by atoms with Gasteiger partial charge in [0.05, 0.1) is 11.0 Å². The number of β-amino-alcohol motifs (C(OH)–C–C–N with tert-alkyl or cyclic N) is 1. The van der Waals surface area contributed by atoms with Gasteiger partial charge in [0.1, 0.15) is 0 Å². The lowest BCUT2D eigenvalue weighted by Gasteiger charge is -2.35. The highest BCUT2D eigenvalue weighted by Crippen LogP contribution is 2.23. The first kappa shape index (κ1) is 24.3. The van der Waals surface area contributed by atoms with Crippen molar-refractivity contribution in [1.82, 2.24) is 14.5 Å². The van der Waals surface area contributed by atoms with E-state index in [0.717, 1.165) is 63.8 Å². The summed E-state index contributed by atoms with van der Waals surface area (Å²) in [4.78, 5) is 2.65. The van der Waals surface area contributed by atoms with E-state index >= 15 is 0 Å². The molecule has 3 rings (SSSR count). The van der Waals surface area contributed by atoms with Gasteiger partial charge in [-0.05, 0) is 77.3 Å². The normalized spacial score (nSPS) is 21.6. The molecule has 6 nitrogen and oxygen atoms in total. The highest BCUT2D eigenvalue weighted by Gasteiger charge is 2.32. The van der Waals surface area contributed by atoms with Crippen LogP contribution in [0.4, 0.5) is 0 Å². The van der Waals surface area contributed by atoms with Crippen molar-refractivity contribution in [3.05, 3.63) is 29.8 Å². The topological polar surface area (TPSA) is 72.9 Å². The van der Waals surface area contributed by atoms with Crippen LogP contribution in [0.2, 0.25) is 0 Å². The molecule has 1 unspecified atom stereocenters. The van der Waals surface area contributed by atoms with Crippen molar-refractivity contribution >= 4 is 10.0 Å². The molecule has 166 valence electrons. The summed E-state index contributed by atoms with van der Waals surface area (Å²) < 4.78 is 28.4. The average Bonchev–Trinajstić information content (AvgIpc) is 2.73. The summed E-state index contributed by atoms with van der Waals surface area (Å²) in [5.74, 6) is 0. The number of aliphatic hydroxyl groups is 1. The molecule has 0 aromatic heterocycles. The van der Waals surface area contributed by atoms with Crippen molar-refractivity contribution < 1.29 is 13.5 Å². The van der Waals surface area contributed by atoms with Crippen molar-refractivity contribution in [1.29, 1.82) is 0 Å². The second-order valence-corrected chi connectivity index (χ2v) is 9.75. The minimum atomic E-state index is -3.49. The fourth-order valence-corrected chi connectivity index (χ4v) is 5.85. The molecule has 2 heterocycles. The van der Waals surface area contributed by atoms with E-state index in [0.29, 0.717) is 18.0 Å². The highest BCUT2D eigenvalue weighted by atomic mass is 32.2. The van der Waals surface area contributed by atoms with E-state index < -0.39 is 10.0 Å². The third-order valence-electron chi connectivity index (χ3n) is 5.68. The summed E-state index contributed by atoms with van der Waals surface area (Å²) in [7, 11) is -3.49. The van der Waals surface area contributed by atoms with Crippen molar-refractivity contribution in [2.75, 3.05) is 39.3 Å². The molecule has 2 aliphatic heterocycles. The van der Waals surface area contributed by atoms with E-state index in [-0.39, 0.29) is 12.1 Å². The molecule has 7 heteroatoms. The summed E-state index contributed by atoms with van der Waals surface area (Å²) in [6.07, 6.45) is 4.15. The average molecular weight is 426 g/mol. The van der Waals surface area contributed by atoms with Crippen molar-refractivity contribution in [3.8, 4) is 0 Å². The van der Waals surface area contributed by atoms with E-state index in [2.05, 4.69) is 10.2 Å². The minimum Gasteiger partial charge on any atom is -0.392 e. The first-order chi connectivity index (χ1) is 14.0. The van der Waals surface area contributed by atoms with Gasteiger partial charge >= 0.3 is 0 Å².